The Labute approximate surface area is 583 Å². The van der Waals surface area contributed by atoms with Crippen LogP contribution in [0.25, 0.3) is 0 Å². The van der Waals surface area contributed by atoms with Crippen molar-refractivity contribution in [3.63, 3.8) is 0 Å². The lowest BCUT2D eigenvalue weighted by molar-refractivity contribution is -0.379. The van der Waals surface area contributed by atoms with Crippen LogP contribution in [0, 0.1) is 0 Å². The fourth-order valence-corrected chi connectivity index (χ4v) is 14.2. The van der Waals surface area contributed by atoms with E-state index in [-0.39, 0.29) is 18.9 Å². The molecule has 0 radical (unpaired) electrons. The molecule has 0 bridgehead atoms. The van der Waals surface area contributed by atoms with Crippen molar-refractivity contribution in [3.8, 4) is 0 Å². The molecule has 0 aliphatic carbocycles. The van der Waals surface area contributed by atoms with Gasteiger partial charge in [-0.15, -0.1) is 0 Å². The van der Waals surface area contributed by atoms with Crippen LogP contribution in [0.15, 0.2) is 0 Å². The number of aliphatic hydroxyl groups is 11. The average Bonchev–Trinajstić information content (AvgIpc) is 0.787. The Bertz CT molecular complexity index is 1740. The minimum Gasteiger partial charge on any atom is -0.394 e. The lowest BCUT2D eigenvalue weighted by Crippen LogP contribution is -2.66. The molecule has 12 N–H and O–H groups in total. The third-order valence-corrected chi connectivity index (χ3v) is 20.7. The van der Waals surface area contributed by atoms with Crippen LogP contribution in [0.1, 0.15) is 354 Å². The molecule has 0 saturated carbocycles. The lowest BCUT2D eigenvalue weighted by Gasteiger charge is -2.48. The van der Waals surface area contributed by atoms with Crippen LogP contribution in [-0.2, 0) is 33.2 Å². The third-order valence-electron chi connectivity index (χ3n) is 20.7. The van der Waals surface area contributed by atoms with Crippen LogP contribution < -0.4 is 5.32 Å². The summed E-state index contributed by atoms with van der Waals surface area (Å²) in [6.07, 6.45) is 40.9. The zero-order valence-corrected chi connectivity index (χ0v) is 60.9. The normalized spacial score (nSPS) is 26.9. The molecular weight excluding hydrogens is 1230 g/mol. The Morgan fingerprint density at radius 3 is 0.906 bits per heavy atom. The Kier molecular flexibility index (Phi) is 54.9. The van der Waals surface area contributed by atoms with E-state index >= 15 is 0 Å². The van der Waals surface area contributed by atoms with Gasteiger partial charge in [0, 0.05) is 6.42 Å². The number of hydrogen-bond donors (Lipinski definition) is 12. The number of ether oxygens (including phenoxy) is 6. The number of nitrogens with one attached hydrogen (secondary N) is 1. The summed E-state index contributed by atoms with van der Waals surface area (Å²) < 4.78 is 34.5. The van der Waals surface area contributed by atoms with Gasteiger partial charge in [0.05, 0.1) is 38.6 Å². The zero-order chi connectivity index (χ0) is 69.6. The molecular formula is C77H149NO18. The number of aliphatic hydroxyl groups excluding tert-OH is 11. The number of hydrogen-bond acceptors (Lipinski definition) is 18. The maximum atomic E-state index is 13.5. The third kappa shape index (κ3) is 39.4. The van der Waals surface area contributed by atoms with Crippen LogP contribution in [0.4, 0.5) is 0 Å². The zero-order valence-electron chi connectivity index (χ0n) is 60.9. The Morgan fingerprint density at radius 2 is 0.594 bits per heavy atom. The smallest absolute Gasteiger partial charge is 0.220 e. The van der Waals surface area contributed by atoms with E-state index in [1.54, 1.807) is 0 Å². The number of amides is 1. The summed E-state index contributed by atoms with van der Waals surface area (Å²) in [4.78, 5) is 13.5. The average molecular weight is 1380 g/mol. The van der Waals surface area contributed by atoms with E-state index in [0.717, 1.165) is 44.9 Å². The molecule has 96 heavy (non-hydrogen) atoms. The number of carbonyl (C=O) groups is 1. The molecule has 19 nitrogen and oxygen atoms in total. The highest BCUT2D eigenvalue weighted by Crippen LogP contribution is 2.33. The molecule has 3 heterocycles. The molecule has 0 spiro atoms. The van der Waals surface area contributed by atoms with Gasteiger partial charge < -0.3 is 89.9 Å². The van der Waals surface area contributed by atoms with E-state index in [2.05, 4.69) is 19.2 Å². The summed E-state index contributed by atoms with van der Waals surface area (Å²) in [5.74, 6) is -0.234. The Balaban J connectivity index is 1.28. The van der Waals surface area contributed by atoms with E-state index < -0.39 is 124 Å². The first-order valence-corrected chi connectivity index (χ1v) is 40.3. The van der Waals surface area contributed by atoms with Crippen molar-refractivity contribution in [1.29, 1.82) is 0 Å². The number of unbranched alkanes of at least 4 members (excludes halogenated alkanes) is 49. The van der Waals surface area contributed by atoms with Gasteiger partial charge in [-0.3, -0.25) is 4.79 Å². The fraction of sp³-hybridized carbons (Fsp3) is 0.987. The first-order valence-electron chi connectivity index (χ1n) is 40.3. The van der Waals surface area contributed by atoms with Gasteiger partial charge in [0.1, 0.15) is 73.2 Å². The second-order valence-corrected chi connectivity index (χ2v) is 29.2. The highest BCUT2D eigenvalue weighted by molar-refractivity contribution is 5.76. The molecule has 3 fully saturated rings. The summed E-state index contributed by atoms with van der Waals surface area (Å²) in [5, 5.41) is 121. The molecule has 3 aliphatic rings. The highest BCUT2D eigenvalue weighted by Gasteiger charge is 2.54. The van der Waals surface area contributed by atoms with Crippen LogP contribution in [0.2, 0.25) is 0 Å². The van der Waals surface area contributed by atoms with Gasteiger partial charge in [0.2, 0.25) is 5.91 Å². The topological polar surface area (TPSA) is 307 Å². The Morgan fingerprint density at radius 1 is 0.333 bits per heavy atom. The van der Waals surface area contributed by atoms with Gasteiger partial charge in [-0.1, -0.05) is 335 Å². The molecule has 3 rings (SSSR count). The lowest BCUT2D eigenvalue weighted by atomic mass is 9.96. The van der Waals surface area contributed by atoms with Crippen LogP contribution >= 0.6 is 0 Å². The van der Waals surface area contributed by atoms with Crippen molar-refractivity contribution in [2.24, 2.45) is 0 Å². The van der Waals surface area contributed by atoms with E-state index in [9.17, 15) is 61.0 Å². The molecule has 17 atom stereocenters. The molecule has 0 aromatic rings. The van der Waals surface area contributed by atoms with E-state index in [4.69, 9.17) is 28.4 Å². The first-order chi connectivity index (χ1) is 46.8. The van der Waals surface area contributed by atoms with Gasteiger partial charge in [0.15, 0.2) is 18.9 Å². The monoisotopic (exact) mass is 1380 g/mol. The number of carbonyl (C=O) groups excluding carboxylic acids is 1. The van der Waals surface area contributed by atoms with Gasteiger partial charge in [-0.2, -0.15) is 0 Å². The summed E-state index contributed by atoms with van der Waals surface area (Å²) in [6, 6.07) is -0.882. The minimum absolute atomic E-state index is 0.234. The molecule has 570 valence electrons. The minimum atomic E-state index is -1.97. The van der Waals surface area contributed by atoms with Crippen molar-refractivity contribution in [2.45, 2.75) is 458 Å². The predicted molar refractivity (Wildman–Crippen MR) is 379 cm³/mol. The quantitative estimate of drug-likeness (QED) is 0.0252. The molecule has 17 unspecified atom stereocenters. The maximum Gasteiger partial charge on any atom is 0.220 e. The predicted octanol–water partition coefficient (Wildman–Crippen LogP) is 13.0. The number of rotatable bonds is 65. The second-order valence-electron chi connectivity index (χ2n) is 29.2. The maximum absolute atomic E-state index is 13.5. The molecule has 19 heteroatoms. The summed E-state index contributed by atoms with van der Waals surface area (Å²) in [5.41, 5.74) is 0. The van der Waals surface area contributed by atoms with E-state index in [1.165, 1.54) is 276 Å². The van der Waals surface area contributed by atoms with Crippen molar-refractivity contribution in [2.75, 3.05) is 26.4 Å². The molecule has 3 aliphatic heterocycles. The first kappa shape index (κ1) is 89.0. The second kappa shape index (κ2) is 59.2. The Hall–Kier alpha value is -1.21. The largest absolute Gasteiger partial charge is 0.394 e. The fourth-order valence-electron chi connectivity index (χ4n) is 14.2. The molecule has 0 aromatic carbocycles. The summed E-state index contributed by atoms with van der Waals surface area (Å²) in [6.45, 7) is 1.85. The van der Waals surface area contributed by atoms with E-state index in [1.807, 2.05) is 0 Å². The van der Waals surface area contributed by atoms with E-state index in [0.29, 0.717) is 12.8 Å². The van der Waals surface area contributed by atoms with Crippen LogP contribution in [0.3, 0.4) is 0 Å². The van der Waals surface area contributed by atoms with Crippen LogP contribution in [-0.4, -0.2) is 193 Å². The summed E-state index contributed by atoms with van der Waals surface area (Å²) >= 11 is 0. The van der Waals surface area contributed by atoms with Gasteiger partial charge in [0.25, 0.3) is 0 Å². The highest BCUT2D eigenvalue weighted by atomic mass is 16.8. The molecule has 3 saturated heterocycles. The standard InChI is InChI=1S/C77H149NO18/c1-3-5-7-9-11-13-15-17-19-20-21-22-23-24-25-26-27-28-29-30-31-32-33-34-35-36-37-38-39-40-41-43-45-47-49-51-53-55-65(83)78-60(61(82)54-52-50-48-46-44-42-18-16-14-12-10-8-6-4-2)59-91-75-71(89)68(86)73(63(57-80)93-75)96-77-72(90)69(87)74(64(58-81)94-77)95-76-70(88)67(85)66(84)62(56-79)92-76/h60-64,66-77,79-82,84-90H,3-59H2,1-2H3,(H,78,83). The van der Waals surface area contributed by atoms with Gasteiger partial charge in [-0.05, 0) is 12.8 Å². The van der Waals surface area contributed by atoms with Crippen molar-refractivity contribution < 1.29 is 89.4 Å². The molecule has 1 amide bonds. The van der Waals surface area contributed by atoms with Crippen molar-refractivity contribution >= 4 is 5.91 Å². The summed E-state index contributed by atoms with van der Waals surface area (Å²) in [7, 11) is 0. The van der Waals surface area contributed by atoms with Gasteiger partial charge in [-0.25, -0.2) is 0 Å². The van der Waals surface area contributed by atoms with Crippen LogP contribution in [0.5, 0.6) is 0 Å². The van der Waals surface area contributed by atoms with Crippen molar-refractivity contribution in [1.82, 2.24) is 5.32 Å². The SMILES string of the molecule is CCCCCCCCCCCCCCCCCCCCCCCCCCCCCCCCCCCCCCCC(=O)NC(COC1OC(CO)C(OC2OC(CO)C(OC3OC(CO)C(O)C(O)C3O)C(O)C2O)C(O)C1O)C(O)CCCCCCCCCCCCCCCC. The van der Waals surface area contributed by atoms with Gasteiger partial charge >= 0.3 is 0 Å². The molecule has 0 aromatic heterocycles. The van der Waals surface area contributed by atoms with Crippen molar-refractivity contribution in [3.05, 3.63) is 0 Å².